The number of carbonyl (C=O) groups excluding carboxylic acids is 3. The van der Waals surface area contributed by atoms with Gasteiger partial charge in [-0.15, -0.1) is 28.2 Å². The molecular weight excluding hydrogens is 508 g/mol. The molecule has 2 aromatic heterocycles. The predicted octanol–water partition coefficient (Wildman–Crippen LogP) is -1.78. The summed E-state index contributed by atoms with van der Waals surface area (Å²) in [5.41, 5.74) is 9.78. The van der Waals surface area contributed by atoms with Gasteiger partial charge >= 0.3 is 12.0 Å². The molecule has 2 fully saturated rings. The Labute approximate surface area is 204 Å². The fraction of sp³-hybridized carbons (Fsp3) is 0.500. The molecule has 18 heteroatoms. The van der Waals surface area contributed by atoms with Crippen LogP contribution in [0.4, 0.5) is 9.93 Å². The van der Waals surface area contributed by atoms with Crippen LogP contribution < -0.4 is 22.1 Å². The minimum Gasteiger partial charge on any atom is -0.481 e. The Balaban J connectivity index is 1.42. The van der Waals surface area contributed by atoms with Crippen LogP contribution in [0.5, 0.6) is 0 Å². The Morgan fingerprint density at radius 1 is 1.44 bits per heavy atom. The summed E-state index contributed by atoms with van der Waals surface area (Å²) in [6, 6.07) is -3.05. The smallest absolute Gasteiger partial charge is 0.313 e. The van der Waals surface area contributed by atoms with Gasteiger partial charge in [-0.25, -0.2) is 14.5 Å². The average Bonchev–Trinajstić information content (AvgIpc) is 3.41. The number of nitrogen functional groups attached to an aromatic ring is 1. The van der Waals surface area contributed by atoms with Gasteiger partial charge in [-0.3, -0.25) is 14.4 Å². The van der Waals surface area contributed by atoms with Gasteiger partial charge in [0.2, 0.25) is 17.0 Å². The van der Waals surface area contributed by atoms with Crippen LogP contribution in [0.25, 0.3) is 0 Å². The second-order valence-electron chi connectivity index (χ2n) is 7.67. The van der Waals surface area contributed by atoms with Crippen LogP contribution in [0.15, 0.2) is 10.5 Å². The highest BCUT2D eigenvalue weighted by molar-refractivity contribution is 8.00. The van der Waals surface area contributed by atoms with Crippen molar-refractivity contribution in [2.24, 2.45) is 18.2 Å². The first-order valence-corrected chi connectivity index (χ1v) is 12.6. The third-order valence-corrected chi connectivity index (χ3v) is 8.92. The zero-order chi connectivity index (χ0) is 24.6. The molecule has 15 nitrogen and oxygen atoms in total. The van der Waals surface area contributed by atoms with Gasteiger partial charge in [0.15, 0.2) is 11.2 Å². The molecule has 4 heterocycles. The van der Waals surface area contributed by atoms with Gasteiger partial charge in [0, 0.05) is 30.5 Å². The van der Waals surface area contributed by atoms with Gasteiger partial charge in [-0.1, -0.05) is 11.8 Å². The lowest BCUT2D eigenvalue weighted by Crippen LogP contribution is -2.74. The molecule has 0 spiro atoms. The van der Waals surface area contributed by atoms with Crippen molar-refractivity contribution in [1.29, 1.82) is 0 Å². The summed E-state index contributed by atoms with van der Waals surface area (Å²) in [4.78, 5) is 54.7. The number of hydrogen-bond acceptors (Lipinski definition) is 12. The van der Waals surface area contributed by atoms with E-state index in [4.69, 9.17) is 11.5 Å². The highest BCUT2D eigenvalue weighted by Gasteiger charge is 2.57. The fourth-order valence-electron chi connectivity index (χ4n) is 3.54. The van der Waals surface area contributed by atoms with Crippen LogP contribution in [0, 0.1) is 5.41 Å². The SMILES string of the molecule is Cn1nnnc1SCC1(C(=O)O)CS[C@@H]2C(NC(=O)C(NC(N)=O)c3csc(N)n3)C(=O)N2C1. The summed E-state index contributed by atoms with van der Waals surface area (Å²) in [7, 11) is 1.65. The number of aromatic nitrogens is 5. The first-order chi connectivity index (χ1) is 16.1. The molecule has 0 aliphatic carbocycles. The zero-order valence-electron chi connectivity index (χ0n) is 17.6. The number of nitrogens with one attached hydrogen (secondary N) is 2. The topological polar surface area (TPSA) is 224 Å². The van der Waals surface area contributed by atoms with Crippen LogP contribution in [0.2, 0.25) is 0 Å². The van der Waals surface area contributed by atoms with Crippen molar-refractivity contribution < 1.29 is 24.3 Å². The molecule has 4 rings (SSSR count). The third-order valence-electron chi connectivity index (χ3n) is 5.34. The second kappa shape index (κ2) is 9.26. The van der Waals surface area contributed by atoms with Gasteiger partial charge < -0.3 is 32.1 Å². The van der Waals surface area contributed by atoms with E-state index in [0.717, 1.165) is 11.3 Å². The molecule has 4 amide bonds. The lowest BCUT2D eigenvalue weighted by atomic mass is 9.89. The van der Waals surface area contributed by atoms with Crippen molar-refractivity contribution in [3.05, 3.63) is 11.1 Å². The Bertz CT molecular complexity index is 1140. The van der Waals surface area contributed by atoms with Crippen LogP contribution in [-0.4, -0.2) is 88.5 Å². The van der Waals surface area contributed by atoms with Gasteiger partial charge in [0.25, 0.3) is 0 Å². The molecule has 7 N–H and O–H groups in total. The summed E-state index contributed by atoms with van der Waals surface area (Å²) in [6.45, 7) is -0.0188. The van der Waals surface area contributed by atoms with E-state index < -0.39 is 46.7 Å². The number of thiazole rings is 1. The number of carbonyl (C=O) groups is 4. The second-order valence-corrected chi connectivity index (χ2v) is 10.6. The first kappa shape index (κ1) is 24.0. The number of thioether (sulfide) groups is 2. The summed E-state index contributed by atoms with van der Waals surface area (Å²) in [5, 5.41) is 27.7. The van der Waals surface area contributed by atoms with Gasteiger partial charge in [0.05, 0.1) is 5.69 Å². The van der Waals surface area contributed by atoms with E-state index in [-0.39, 0.29) is 28.9 Å². The minimum absolute atomic E-state index is 0.0188. The van der Waals surface area contributed by atoms with E-state index in [1.54, 1.807) is 7.05 Å². The van der Waals surface area contributed by atoms with Gasteiger partial charge in [0.1, 0.15) is 16.8 Å². The Kier molecular flexibility index (Phi) is 6.54. The average molecular weight is 529 g/mol. The number of nitrogens with two attached hydrogens (primary N) is 2. The van der Waals surface area contributed by atoms with E-state index in [1.165, 1.54) is 38.5 Å². The van der Waals surface area contributed by atoms with Crippen molar-refractivity contribution in [2.75, 3.05) is 23.8 Å². The summed E-state index contributed by atoms with van der Waals surface area (Å²) in [5.74, 6) is -1.76. The molecular formula is C16H20N10O5S3. The first-order valence-electron chi connectivity index (χ1n) is 9.69. The van der Waals surface area contributed by atoms with Gasteiger partial charge in [-0.05, 0) is 10.4 Å². The van der Waals surface area contributed by atoms with E-state index >= 15 is 0 Å². The lowest BCUT2D eigenvalue weighted by Gasteiger charge is -2.53. The molecule has 34 heavy (non-hydrogen) atoms. The van der Waals surface area contributed by atoms with Crippen molar-refractivity contribution >= 4 is 63.8 Å². The normalized spacial score (nSPS) is 24.6. The van der Waals surface area contributed by atoms with E-state index in [1.807, 2.05) is 0 Å². The number of hydrogen-bond donors (Lipinski definition) is 5. The van der Waals surface area contributed by atoms with Crippen LogP contribution in [0.3, 0.4) is 0 Å². The maximum absolute atomic E-state index is 12.9. The molecule has 2 aliphatic rings. The maximum atomic E-state index is 12.9. The summed E-state index contributed by atoms with van der Waals surface area (Å²) < 4.78 is 1.44. The number of carboxylic acids is 1. The molecule has 0 bridgehead atoms. The monoisotopic (exact) mass is 528 g/mol. The van der Waals surface area contributed by atoms with E-state index in [0.29, 0.717) is 5.16 Å². The molecule has 4 atom stereocenters. The number of nitrogens with zero attached hydrogens (tertiary/aromatic N) is 6. The van der Waals surface area contributed by atoms with Crippen LogP contribution in [-0.2, 0) is 21.4 Å². The van der Waals surface area contributed by atoms with Gasteiger partial charge in [-0.2, -0.15) is 0 Å². The quantitative estimate of drug-likeness (QED) is 0.189. The molecule has 182 valence electrons. The molecule has 2 saturated heterocycles. The summed E-state index contributed by atoms with van der Waals surface area (Å²) >= 11 is 3.54. The molecule has 0 radical (unpaired) electrons. The number of amides is 4. The Hall–Kier alpha value is -3.12. The zero-order valence-corrected chi connectivity index (χ0v) is 20.0. The van der Waals surface area contributed by atoms with Crippen molar-refractivity contribution in [3.63, 3.8) is 0 Å². The molecule has 2 aliphatic heterocycles. The number of aryl methyl sites for hydroxylation is 1. The molecule has 0 saturated carbocycles. The number of anilines is 1. The predicted molar refractivity (Wildman–Crippen MR) is 121 cm³/mol. The summed E-state index contributed by atoms with van der Waals surface area (Å²) in [6.07, 6.45) is 0. The number of aliphatic carboxylic acids is 1. The number of β-lactam (4-membered cyclic amide) rings is 1. The standard InChI is InChI=1S/C16H20N10O5S3/c1-25-15(22-23-24-25)34-5-16(12(29)30)3-26-10(28)8(11(26)33-4-16)20-9(27)7(21-13(17)31)6-2-32-14(18)19-6/h2,7-8,11H,3-5H2,1H3,(H2,18,19)(H,20,27)(H,29,30)(H3,17,21,31)/t7?,8?,11-,16?/m1/s1. The molecule has 2 aromatic rings. The van der Waals surface area contributed by atoms with Crippen molar-refractivity contribution in [1.82, 2.24) is 40.7 Å². The number of fused-ring (bicyclic) bond motifs is 1. The highest BCUT2D eigenvalue weighted by Crippen LogP contribution is 2.44. The van der Waals surface area contributed by atoms with Crippen LogP contribution >= 0.6 is 34.9 Å². The number of primary amides is 1. The largest absolute Gasteiger partial charge is 0.481 e. The minimum atomic E-state index is -1.23. The number of urea groups is 1. The van der Waals surface area contributed by atoms with Crippen molar-refractivity contribution in [3.8, 4) is 0 Å². The van der Waals surface area contributed by atoms with Crippen LogP contribution in [0.1, 0.15) is 11.7 Å². The number of tetrazole rings is 1. The van der Waals surface area contributed by atoms with E-state index in [2.05, 4.69) is 31.1 Å². The maximum Gasteiger partial charge on any atom is 0.313 e. The Morgan fingerprint density at radius 3 is 2.79 bits per heavy atom. The molecule has 0 aromatic carbocycles. The highest BCUT2D eigenvalue weighted by atomic mass is 32.2. The van der Waals surface area contributed by atoms with Crippen molar-refractivity contribution in [2.45, 2.75) is 22.6 Å². The lowest BCUT2D eigenvalue weighted by molar-refractivity contribution is -0.157. The third kappa shape index (κ3) is 4.47. The Morgan fingerprint density at radius 2 is 2.21 bits per heavy atom. The number of rotatable bonds is 8. The molecule has 3 unspecified atom stereocenters. The number of carboxylic acid groups (broad SMARTS) is 1. The van der Waals surface area contributed by atoms with E-state index in [9.17, 15) is 24.3 Å². The fourth-order valence-corrected chi connectivity index (χ4v) is 6.84.